The van der Waals surface area contributed by atoms with Crippen molar-refractivity contribution in [3.8, 4) is 0 Å². The van der Waals surface area contributed by atoms with Crippen LogP contribution in [-0.4, -0.2) is 40.4 Å². The van der Waals surface area contributed by atoms with Gasteiger partial charge in [-0.2, -0.15) is 0 Å². The van der Waals surface area contributed by atoms with E-state index in [0.29, 0.717) is 23.7 Å². The fourth-order valence-electron chi connectivity index (χ4n) is 9.65. The monoisotopic (exact) mass is 430 g/mol. The lowest BCUT2D eigenvalue weighted by atomic mass is 9.45. The minimum atomic E-state index is -0.789. The molecule has 0 bridgehead atoms. The van der Waals surface area contributed by atoms with Crippen molar-refractivity contribution < 1.29 is 19.7 Å². The standard InChI is InChI=1S/C27H42O4/c1-16-7-12-26(30-15-16)17(2)27(29)23(31-26)14-22-20-6-5-18-13-19(28)8-10-24(18,3)21(20)9-11-25(22,27)4/h13,16-17,19-23,28-29H,5-12,14-15H2,1-4H3/t16-,17-,19+,20-,21+,22+,23+,24+,25+,26-,27-/m1/s1. The first kappa shape index (κ1) is 21.1. The maximum Gasteiger partial charge on any atom is 0.174 e. The maximum atomic E-state index is 12.4. The molecule has 6 aliphatic rings. The topological polar surface area (TPSA) is 58.9 Å². The molecule has 0 amide bonds. The van der Waals surface area contributed by atoms with E-state index >= 15 is 0 Å². The second kappa shape index (κ2) is 6.58. The molecule has 2 saturated heterocycles. The second-order valence-corrected chi connectivity index (χ2v) is 12.7. The molecule has 2 heterocycles. The molecule has 2 aliphatic heterocycles. The summed E-state index contributed by atoms with van der Waals surface area (Å²) in [4.78, 5) is 0. The van der Waals surface area contributed by atoms with Gasteiger partial charge in [-0.05, 0) is 80.5 Å². The van der Waals surface area contributed by atoms with Crippen molar-refractivity contribution >= 4 is 0 Å². The highest BCUT2D eigenvalue weighted by Gasteiger charge is 2.76. The van der Waals surface area contributed by atoms with Gasteiger partial charge >= 0.3 is 0 Å². The number of aliphatic hydroxyl groups excluding tert-OH is 1. The van der Waals surface area contributed by atoms with E-state index in [4.69, 9.17) is 9.47 Å². The van der Waals surface area contributed by atoms with Crippen LogP contribution in [0.4, 0.5) is 0 Å². The zero-order valence-electron chi connectivity index (χ0n) is 19.9. The Morgan fingerprint density at radius 2 is 1.81 bits per heavy atom. The van der Waals surface area contributed by atoms with E-state index in [2.05, 4.69) is 33.8 Å². The first-order chi connectivity index (χ1) is 14.6. The molecule has 5 fully saturated rings. The third kappa shape index (κ3) is 2.52. The van der Waals surface area contributed by atoms with E-state index in [-0.39, 0.29) is 29.0 Å². The molecule has 31 heavy (non-hydrogen) atoms. The smallest absolute Gasteiger partial charge is 0.174 e. The van der Waals surface area contributed by atoms with Crippen LogP contribution in [-0.2, 0) is 9.47 Å². The normalized spacial score (nSPS) is 60.7. The van der Waals surface area contributed by atoms with Crippen LogP contribution >= 0.6 is 0 Å². The lowest BCUT2D eigenvalue weighted by molar-refractivity contribution is -0.274. The van der Waals surface area contributed by atoms with Gasteiger partial charge in [-0.15, -0.1) is 0 Å². The van der Waals surface area contributed by atoms with Crippen molar-refractivity contribution in [1.82, 2.24) is 0 Å². The van der Waals surface area contributed by atoms with Crippen LogP contribution in [0.1, 0.15) is 85.5 Å². The molecule has 1 spiro atoms. The molecule has 0 aromatic heterocycles. The zero-order valence-corrected chi connectivity index (χ0v) is 19.9. The molecule has 2 N–H and O–H groups in total. The summed E-state index contributed by atoms with van der Waals surface area (Å²) in [5.41, 5.74) is 0.865. The Bertz CT molecular complexity index is 784. The molecule has 3 saturated carbocycles. The summed E-state index contributed by atoms with van der Waals surface area (Å²) in [7, 11) is 0. The molecular formula is C27H42O4. The number of allylic oxidation sites excluding steroid dienone is 1. The van der Waals surface area contributed by atoms with E-state index in [0.717, 1.165) is 51.6 Å². The van der Waals surface area contributed by atoms with Gasteiger partial charge in [-0.3, -0.25) is 0 Å². The van der Waals surface area contributed by atoms with Crippen molar-refractivity contribution in [2.45, 2.75) is 109 Å². The largest absolute Gasteiger partial charge is 0.389 e. The molecule has 0 radical (unpaired) electrons. The first-order valence-corrected chi connectivity index (χ1v) is 13.1. The van der Waals surface area contributed by atoms with Crippen molar-refractivity contribution in [1.29, 1.82) is 0 Å². The number of aliphatic hydroxyl groups is 2. The summed E-state index contributed by atoms with van der Waals surface area (Å²) in [5.74, 6) is 1.87. The number of fused-ring (bicyclic) bond motifs is 7. The predicted molar refractivity (Wildman–Crippen MR) is 119 cm³/mol. The number of hydrogen-bond donors (Lipinski definition) is 2. The fourth-order valence-corrected chi connectivity index (χ4v) is 9.65. The van der Waals surface area contributed by atoms with Crippen LogP contribution in [0.3, 0.4) is 0 Å². The lowest BCUT2D eigenvalue weighted by Crippen LogP contribution is -2.60. The van der Waals surface area contributed by atoms with Crippen LogP contribution in [0.5, 0.6) is 0 Å². The summed E-state index contributed by atoms with van der Waals surface area (Å²) in [5, 5.41) is 22.6. The van der Waals surface area contributed by atoms with Gasteiger partial charge < -0.3 is 19.7 Å². The Morgan fingerprint density at radius 3 is 2.55 bits per heavy atom. The quantitative estimate of drug-likeness (QED) is 0.541. The second-order valence-electron chi connectivity index (χ2n) is 12.7. The highest BCUT2D eigenvalue weighted by Crippen LogP contribution is 2.72. The van der Waals surface area contributed by atoms with Gasteiger partial charge in [-0.1, -0.05) is 39.3 Å². The van der Waals surface area contributed by atoms with Crippen LogP contribution in [0.15, 0.2) is 11.6 Å². The van der Waals surface area contributed by atoms with E-state index in [1.54, 1.807) is 0 Å². The van der Waals surface area contributed by atoms with Crippen molar-refractivity contribution in [3.63, 3.8) is 0 Å². The minimum Gasteiger partial charge on any atom is -0.389 e. The molecule has 4 aliphatic carbocycles. The van der Waals surface area contributed by atoms with E-state index in [1.807, 2.05) is 0 Å². The Balaban J connectivity index is 1.32. The average molecular weight is 431 g/mol. The average Bonchev–Trinajstić information content (AvgIpc) is 3.09. The first-order valence-electron chi connectivity index (χ1n) is 13.1. The number of ether oxygens (including phenoxy) is 2. The van der Waals surface area contributed by atoms with Crippen LogP contribution in [0, 0.1) is 40.4 Å². The van der Waals surface area contributed by atoms with Gasteiger partial charge in [0.25, 0.3) is 0 Å². The minimum absolute atomic E-state index is 0.0171. The molecule has 4 heteroatoms. The summed E-state index contributed by atoms with van der Waals surface area (Å²) < 4.78 is 13.1. The van der Waals surface area contributed by atoms with Gasteiger partial charge in [0, 0.05) is 17.8 Å². The fraction of sp³-hybridized carbons (Fsp3) is 0.926. The van der Waals surface area contributed by atoms with E-state index in [9.17, 15) is 10.2 Å². The van der Waals surface area contributed by atoms with Gasteiger partial charge in [0.2, 0.25) is 0 Å². The number of hydrogen-bond acceptors (Lipinski definition) is 4. The molecule has 174 valence electrons. The summed E-state index contributed by atoms with van der Waals surface area (Å²) in [6.45, 7) is 10.1. The van der Waals surface area contributed by atoms with Gasteiger partial charge in [0.1, 0.15) is 5.60 Å². The van der Waals surface area contributed by atoms with Crippen LogP contribution in [0.25, 0.3) is 0 Å². The van der Waals surface area contributed by atoms with Gasteiger partial charge in [0.15, 0.2) is 5.79 Å². The summed E-state index contributed by atoms with van der Waals surface area (Å²) in [6.07, 6.45) is 11.5. The number of rotatable bonds is 0. The van der Waals surface area contributed by atoms with Crippen molar-refractivity contribution in [2.75, 3.05) is 6.61 Å². The van der Waals surface area contributed by atoms with Crippen LogP contribution in [0.2, 0.25) is 0 Å². The van der Waals surface area contributed by atoms with Crippen molar-refractivity contribution in [2.24, 2.45) is 40.4 Å². The third-order valence-corrected chi connectivity index (χ3v) is 11.6. The molecule has 6 rings (SSSR count). The zero-order chi connectivity index (χ0) is 21.8. The molecule has 0 aromatic rings. The summed E-state index contributed by atoms with van der Waals surface area (Å²) >= 11 is 0. The molecule has 11 atom stereocenters. The highest BCUT2D eigenvalue weighted by atomic mass is 16.7. The molecule has 0 unspecified atom stereocenters. The highest BCUT2D eigenvalue weighted by molar-refractivity contribution is 5.28. The van der Waals surface area contributed by atoms with E-state index < -0.39 is 11.4 Å². The van der Waals surface area contributed by atoms with Gasteiger partial charge in [0.05, 0.1) is 18.8 Å². The summed E-state index contributed by atoms with van der Waals surface area (Å²) in [6, 6.07) is 0. The molecule has 0 aromatic carbocycles. The van der Waals surface area contributed by atoms with Gasteiger partial charge in [-0.25, -0.2) is 0 Å². The lowest BCUT2D eigenvalue weighted by Gasteiger charge is -2.60. The Morgan fingerprint density at radius 1 is 1.00 bits per heavy atom. The van der Waals surface area contributed by atoms with Crippen molar-refractivity contribution in [3.05, 3.63) is 11.6 Å². The maximum absolute atomic E-state index is 12.4. The predicted octanol–water partition coefficient (Wildman–Crippen LogP) is 4.83. The van der Waals surface area contributed by atoms with Crippen LogP contribution < -0.4 is 0 Å². The Labute approximate surface area is 187 Å². The molecule has 4 nitrogen and oxygen atoms in total. The third-order valence-electron chi connectivity index (χ3n) is 11.6. The van der Waals surface area contributed by atoms with E-state index in [1.165, 1.54) is 18.4 Å². The molecular weight excluding hydrogens is 388 g/mol. The SMILES string of the molecule is C[C@@H]1CC[C@@]2(OC1)O[C@H]1C[C@H]3[C@@H]4CCC5=C[C@@H](O)CC[C@]5(C)[C@H]4CC[C@]3(C)[C@@]1(O)[C@@H]2C. The Hall–Kier alpha value is -0.420. The Kier molecular flexibility index (Phi) is 4.49.